The summed E-state index contributed by atoms with van der Waals surface area (Å²) in [5.74, 6) is 0. The second-order valence-corrected chi connectivity index (χ2v) is 6.06. The van der Waals surface area contributed by atoms with Gasteiger partial charge in [-0.25, -0.2) is 9.97 Å². The van der Waals surface area contributed by atoms with Crippen LogP contribution in [0.5, 0.6) is 0 Å². The van der Waals surface area contributed by atoms with E-state index in [-0.39, 0.29) is 6.04 Å². The van der Waals surface area contributed by atoms with Crippen LogP contribution in [-0.2, 0) is 6.42 Å². The van der Waals surface area contributed by atoms with Crippen LogP contribution in [0.3, 0.4) is 0 Å². The second kappa shape index (κ2) is 7.21. The van der Waals surface area contributed by atoms with Gasteiger partial charge in [0, 0.05) is 12.4 Å². The molecule has 0 radical (unpaired) electrons. The Morgan fingerprint density at radius 2 is 2.20 bits per heavy atom. The van der Waals surface area contributed by atoms with Crippen LogP contribution < -0.4 is 16.4 Å². The minimum Gasteiger partial charge on any atom is -0.403 e. The third kappa shape index (κ3) is 3.40. The highest BCUT2D eigenvalue weighted by atomic mass is 15.0. The molecular formula is C20H23N5. The van der Waals surface area contributed by atoms with Crippen molar-refractivity contribution in [1.29, 1.82) is 0 Å². The van der Waals surface area contributed by atoms with Gasteiger partial charge in [0.05, 0.1) is 23.1 Å². The first-order valence-electron chi connectivity index (χ1n) is 8.30. The molecule has 3 rings (SSSR count). The Kier molecular flexibility index (Phi) is 4.84. The minimum absolute atomic E-state index is 0.231. The lowest BCUT2D eigenvalue weighted by Gasteiger charge is -2.19. The Morgan fingerprint density at radius 1 is 1.36 bits per heavy atom. The molecule has 0 saturated heterocycles. The van der Waals surface area contributed by atoms with Gasteiger partial charge in [-0.3, -0.25) is 0 Å². The topological polar surface area (TPSA) is 75.9 Å². The Labute approximate surface area is 148 Å². The predicted molar refractivity (Wildman–Crippen MR) is 103 cm³/mol. The molecule has 1 aliphatic rings. The number of benzene rings is 1. The zero-order chi connectivity index (χ0) is 17.8. The summed E-state index contributed by atoms with van der Waals surface area (Å²) < 4.78 is 0. The summed E-state index contributed by atoms with van der Waals surface area (Å²) in [6, 6.07) is 6.71. The van der Waals surface area contributed by atoms with Gasteiger partial charge in [0.25, 0.3) is 0 Å². The number of anilines is 1. The van der Waals surface area contributed by atoms with Gasteiger partial charge in [0.15, 0.2) is 0 Å². The van der Waals surface area contributed by atoms with Gasteiger partial charge in [-0.2, -0.15) is 0 Å². The van der Waals surface area contributed by atoms with Gasteiger partial charge in [-0.15, -0.1) is 0 Å². The standard InChI is InChI=1S/C20H23N5/c1-4-15-5-7-17-16(11-15)6-8-18(17)25-14(3)20-19(22-10-9-21)13(2)23-12-24-20/h4-5,7,9-12,18,22,25H,1,3,6,8,21H2,2H3/b10-9+/t18-/m0/s1. The first-order valence-corrected chi connectivity index (χ1v) is 8.30. The van der Waals surface area contributed by atoms with Crippen LogP contribution >= 0.6 is 0 Å². The molecule has 1 aromatic heterocycles. The predicted octanol–water partition coefficient (Wildman–Crippen LogP) is 3.52. The van der Waals surface area contributed by atoms with E-state index in [1.165, 1.54) is 17.3 Å². The maximum Gasteiger partial charge on any atom is 0.116 e. The number of nitrogens with one attached hydrogen (secondary N) is 2. The first-order chi connectivity index (χ1) is 12.1. The van der Waals surface area contributed by atoms with Crippen molar-refractivity contribution >= 4 is 17.5 Å². The highest BCUT2D eigenvalue weighted by Gasteiger charge is 2.24. The largest absolute Gasteiger partial charge is 0.403 e. The Balaban J connectivity index is 1.83. The fourth-order valence-electron chi connectivity index (χ4n) is 3.20. The number of aromatic nitrogens is 2. The third-order valence-corrected chi connectivity index (χ3v) is 4.48. The van der Waals surface area contributed by atoms with E-state index in [1.807, 2.05) is 13.0 Å². The van der Waals surface area contributed by atoms with Gasteiger partial charge in [-0.1, -0.05) is 37.4 Å². The molecule has 0 spiro atoms. The molecule has 1 atom stereocenters. The molecule has 25 heavy (non-hydrogen) atoms. The third-order valence-electron chi connectivity index (χ3n) is 4.48. The Morgan fingerprint density at radius 3 is 2.96 bits per heavy atom. The normalized spacial score (nSPS) is 15.8. The van der Waals surface area contributed by atoms with E-state index in [4.69, 9.17) is 5.73 Å². The zero-order valence-electron chi connectivity index (χ0n) is 14.4. The summed E-state index contributed by atoms with van der Waals surface area (Å²) in [4.78, 5) is 8.63. The van der Waals surface area contributed by atoms with Crippen LogP contribution in [0.15, 0.2) is 50.1 Å². The van der Waals surface area contributed by atoms with E-state index in [0.29, 0.717) is 0 Å². The summed E-state index contributed by atoms with van der Waals surface area (Å²) in [5.41, 5.74) is 12.4. The van der Waals surface area contributed by atoms with Crippen LogP contribution in [0.25, 0.3) is 11.8 Å². The monoisotopic (exact) mass is 333 g/mol. The van der Waals surface area contributed by atoms with Gasteiger partial charge >= 0.3 is 0 Å². The SMILES string of the molecule is C=Cc1ccc2c(c1)CC[C@@H]2NC(=C)c1ncnc(C)c1N/C=C/N. The lowest BCUT2D eigenvalue weighted by atomic mass is 10.0. The first kappa shape index (κ1) is 16.8. The lowest BCUT2D eigenvalue weighted by molar-refractivity contribution is 0.627. The number of rotatable bonds is 6. The van der Waals surface area contributed by atoms with E-state index in [0.717, 1.165) is 41.2 Å². The molecule has 0 saturated carbocycles. The number of fused-ring (bicyclic) bond motifs is 1. The minimum atomic E-state index is 0.231. The maximum absolute atomic E-state index is 5.43. The van der Waals surface area contributed by atoms with Crippen LogP contribution in [0.4, 0.5) is 5.69 Å². The summed E-state index contributed by atoms with van der Waals surface area (Å²) >= 11 is 0. The van der Waals surface area contributed by atoms with Gasteiger partial charge < -0.3 is 16.4 Å². The van der Waals surface area contributed by atoms with Crippen molar-refractivity contribution in [3.05, 3.63) is 78.2 Å². The highest BCUT2D eigenvalue weighted by molar-refractivity contribution is 5.73. The van der Waals surface area contributed by atoms with Gasteiger partial charge in [-0.05, 0) is 36.5 Å². The summed E-state index contributed by atoms with van der Waals surface area (Å²) in [6.45, 7) is 9.96. The van der Waals surface area contributed by atoms with E-state index in [9.17, 15) is 0 Å². The summed E-state index contributed by atoms with van der Waals surface area (Å²) in [6.07, 6.45) is 8.61. The molecule has 1 aromatic carbocycles. The molecule has 5 heteroatoms. The number of hydrogen-bond donors (Lipinski definition) is 3. The Bertz CT molecular complexity index is 838. The van der Waals surface area contributed by atoms with Crippen LogP contribution in [0.2, 0.25) is 0 Å². The molecule has 0 aliphatic heterocycles. The zero-order valence-corrected chi connectivity index (χ0v) is 14.4. The second-order valence-electron chi connectivity index (χ2n) is 6.06. The quantitative estimate of drug-likeness (QED) is 0.754. The number of nitrogens with two attached hydrogens (primary N) is 1. The smallest absolute Gasteiger partial charge is 0.116 e. The maximum atomic E-state index is 5.43. The van der Waals surface area contributed by atoms with E-state index < -0.39 is 0 Å². The van der Waals surface area contributed by atoms with Crippen molar-refractivity contribution in [2.24, 2.45) is 5.73 Å². The average Bonchev–Trinajstić information content (AvgIpc) is 3.02. The fourth-order valence-corrected chi connectivity index (χ4v) is 3.20. The van der Waals surface area contributed by atoms with Gasteiger partial charge in [0.2, 0.25) is 0 Å². The van der Waals surface area contributed by atoms with Crippen molar-refractivity contribution in [3.63, 3.8) is 0 Å². The van der Waals surface area contributed by atoms with E-state index >= 15 is 0 Å². The number of hydrogen-bond acceptors (Lipinski definition) is 5. The summed E-state index contributed by atoms with van der Waals surface area (Å²) in [5, 5.41) is 6.66. The molecule has 4 N–H and O–H groups in total. The molecule has 5 nitrogen and oxygen atoms in total. The molecular weight excluding hydrogens is 310 g/mol. The Hall–Kier alpha value is -3.08. The van der Waals surface area contributed by atoms with Crippen molar-refractivity contribution in [1.82, 2.24) is 15.3 Å². The highest BCUT2D eigenvalue weighted by Crippen LogP contribution is 2.34. The number of nitrogens with zero attached hydrogens (tertiary/aromatic N) is 2. The van der Waals surface area contributed by atoms with Gasteiger partial charge in [0.1, 0.15) is 12.0 Å². The van der Waals surface area contributed by atoms with Crippen LogP contribution in [0, 0.1) is 6.92 Å². The molecule has 0 fully saturated rings. The van der Waals surface area contributed by atoms with Crippen LogP contribution in [0.1, 0.15) is 40.5 Å². The van der Waals surface area contributed by atoms with E-state index in [1.54, 1.807) is 12.5 Å². The lowest BCUT2D eigenvalue weighted by Crippen LogP contribution is -2.19. The van der Waals surface area contributed by atoms with Crippen molar-refractivity contribution in [2.75, 3.05) is 5.32 Å². The number of aryl methyl sites for hydroxylation is 2. The molecule has 1 aliphatic carbocycles. The molecule has 128 valence electrons. The fraction of sp³-hybridized carbons (Fsp3) is 0.200. The summed E-state index contributed by atoms with van der Waals surface area (Å²) in [7, 11) is 0. The van der Waals surface area contributed by atoms with Crippen molar-refractivity contribution in [2.45, 2.75) is 25.8 Å². The van der Waals surface area contributed by atoms with Crippen molar-refractivity contribution < 1.29 is 0 Å². The van der Waals surface area contributed by atoms with Crippen molar-refractivity contribution in [3.8, 4) is 0 Å². The van der Waals surface area contributed by atoms with Crippen LogP contribution in [-0.4, -0.2) is 9.97 Å². The molecule has 1 heterocycles. The molecule has 0 bridgehead atoms. The molecule has 2 aromatic rings. The molecule has 0 unspecified atom stereocenters. The van der Waals surface area contributed by atoms with E-state index in [2.05, 4.69) is 52.0 Å². The average molecular weight is 333 g/mol. The molecule has 0 amide bonds.